The van der Waals surface area contributed by atoms with Crippen LogP contribution in [-0.4, -0.2) is 23.6 Å². The van der Waals surface area contributed by atoms with E-state index in [1.807, 2.05) is 5.32 Å². The highest BCUT2D eigenvalue weighted by Crippen LogP contribution is 2.13. The molecule has 0 spiro atoms. The molecule has 6 nitrogen and oxygen atoms in total. The van der Waals surface area contributed by atoms with Crippen molar-refractivity contribution in [2.45, 2.75) is 0 Å². The number of carbonyl (C=O) groups is 3. The summed E-state index contributed by atoms with van der Waals surface area (Å²) >= 11 is 0. The Kier molecular flexibility index (Phi) is 2.70. The number of carbonyl (C=O) groups excluding carboxylic acids is 3. The number of urea groups is 1. The lowest BCUT2D eigenvalue weighted by atomic mass is 9.98. The number of imide groups is 1. The summed E-state index contributed by atoms with van der Waals surface area (Å²) in [7, 11) is 0. The van der Waals surface area contributed by atoms with Gasteiger partial charge in [0.05, 0.1) is 5.92 Å². The molecule has 3 amide bonds. The predicted molar refractivity (Wildman–Crippen MR) is 55.8 cm³/mol. The van der Waals surface area contributed by atoms with Crippen LogP contribution in [0.2, 0.25) is 0 Å². The molecule has 0 fully saturated rings. The van der Waals surface area contributed by atoms with E-state index in [9.17, 15) is 19.5 Å². The molecule has 1 heterocycles. The van der Waals surface area contributed by atoms with Crippen LogP contribution in [0.25, 0.3) is 0 Å². The molecular weight excluding hydrogens is 224 g/mol. The summed E-state index contributed by atoms with van der Waals surface area (Å²) in [5, 5.41) is 13.2. The average Bonchev–Trinajstić information content (AvgIpc) is 2.25. The van der Waals surface area contributed by atoms with Crippen molar-refractivity contribution in [2.75, 3.05) is 0 Å². The molecule has 2 aliphatic rings. The summed E-state index contributed by atoms with van der Waals surface area (Å²) in [6.45, 7) is 0. The first-order valence-corrected chi connectivity index (χ1v) is 4.79. The van der Waals surface area contributed by atoms with Gasteiger partial charge in [-0.1, -0.05) is 24.3 Å². The van der Waals surface area contributed by atoms with Crippen LogP contribution in [0, 0.1) is 5.92 Å². The molecule has 1 N–H and O–H groups in total. The average molecular weight is 231 g/mol. The quantitative estimate of drug-likeness (QED) is 0.599. The number of aliphatic imine (C=N–C) groups is 1. The van der Waals surface area contributed by atoms with Crippen LogP contribution in [0.1, 0.15) is 0 Å². The van der Waals surface area contributed by atoms with Gasteiger partial charge in [0, 0.05) is 5.57 Å². The monoisotopic (exact) mass is 231 g/mol. The van der Waals surface area contributed by atoms with Gasteiger partial charge in [-0.25, -0.2) is 9.79 Å². The zero-order valence-electron chi connectivity index (χ0n) is 8.54. The van der Waals surface area contributed by atoms with Crippen LogP contribution >= 0.6 is 0 Å². The van der Waals surface area contributed by atoms with E-state index in [2.05, 4.69) is 4.99 Å². The van der Waals surface area contributed by atoms with Crippen molar-refractivity contribution < 1.29 is 19.5 Å². The third kappa shape index (κ3) is 2.20. The van der Waals surface area contributed by atoms with Crippen LogP contribution in [0.15, 0.2) is 40.9 Å². The fourth-order valence-corrected chi connectivity index (χ4v) is 1.44. The molecule has 6 heteroatoms. The van der Waals surface area contributed by atoms with Crippen LogP contribution in [0.4, 0.5) is 4.79 Å². The minimum absolute atomic E-state index is 0.227. The van der Waals surface area contributed by atoms with E-state index in [-0.39, 0.29) is 11.4 Å². The molecule has 0 aromatic heterocycles. The van der Waals surface area contributed by atoms with Gasteiger partial charge in [0.25, 0.3) is 0 Å². The molecule has 2 rings (SSSR count). The van der Waals surface area contributed by atoms with Gasteiger partial charge in [0.2, 0.25) is 5.91 Å². The van der Waals surface area contributed by atoms with Crippen molar-refractivity contribution in [1.29, 1.82) is 0 Å². The van der Waals surface area contributed by atoms with Gasteiger partial charge in [-0.05, 0) is 12.0 Å². The van der Waals surface area contributed by atoms with Crippen molar-refractivity contribution in [3.05, 3.63) is 36.0 Å². The summed E-state index contributed by atoms with van der Waals surface area (Å²) in [5.74, 6) is -3.15. The Morgan fingerprint density at radius 2 is 1.94 bits per heavy atom. The lowest BCUT2D eigenvalue weighted by Crippen LogP contribution is -2.47. The smallest absolute Gasteiger partial charge is 0.346 e. The second-order valence-electron chi connectivity index (χ2n) is 3.43. The van der Waals surface area contributed by atoms with Gasteiger partial charge in [-0.2, -0.15) is 0 Å². The Bertz CT molecular complexity index is 526. The van der Waals surface area contributed by atoms with Gasteiger partial charge in [-0.15, -0.1) is 0 Å². The second kappa shape index (κ2) is 4.17. The molecule has 0 radical (unpaired) electrons. The zero-order valence-corrected chi connectivity index (χ0v) is 8.54. The number of nitrogens with one attached hydrogen (secondary N) is 1. The SMILES string of the molecule is O=C1N=C([O-])C(C=C2C=CC=CC2=O)C(=O)N1. The fourth-order valence-electron chi connectivity index (χ4n) is 1.44. The van der Waals surface area contributed by atoms with Gasteiger partial charge < -0.3 is 5.11 Å². The number of nitrogens with zero attached hydrogens (tertiary/aromatic N) is 1. The van der Waals surface area contributed by atoms with Crippen LogP contribution in [-0.2, 0) is 9.59 Å². The third-order valence-corrected chi connectivity index (χ3v) is 2.26. The second-order valence-corrected chi connectivity index (χ2v) is 3.43. The summed E-state index contributed by atoms with van der Waals surface area (Å²) in [4.78, 5) is 36.6. The molecule has 1 aliphatic carbocycles. The summed E-state index contributed by atoms with van der Waals surface area (Å²) < 4.78 is 0. The van der Waals surface area contributed by atoms with E-state index < -0.39 is 23.8 Å². The zero-order chi connectivity index (χ0) is 12.4. The highest BCUT2D eigenvalue weighted by molar-refractivity contribution is 6.15. The lowest BCUT2D eigenvalue weighted by molar-refractivity contribution is -0.222. The van der Waals surface area contributed by atoms with Crippen molar-refractivity contribution >= 4 is 23.6 Å². The highest BCUT2D eigenvalue weighted by atomic mass is 16.3. The first-order chi connectivity index (χ1) is 8.08. The number of hydrogen-bond donors (Lipinski definition) is 1. The van der Waals surface area contributed by atoms with E-state index >= 15 is 0 Å². The Labute approximate surface area is 96.0 Å². The van der Waals surface area contributed by atoms with Crippen LogP contribution in [0.3, 0.4) is 0 Å². The molecule has 17 heavy (non-hydrogen) atoms. The molecule has 0 saturated heterocycles. The maximum absolute atomic E-state index is 11.4. The van der Waals surface area contributed by atoms with E-state index in [0.29, 0.717) is 0 Å². The fraction of sp³-hybridized carbons (Fsp3) is 0.0909. The standard InChI is InChI=1S/C11H8N2O4/c14-8-4-2-1-3-6(8)5-7-9(15)12-11(17)13-10(7)16/h1-5,7H,(H2,12,13,15,16,17)/p-1. The third-order valence-electron chi connectivity index (χ3n) is 2.26. The molecule has 0 aromatic rings. The van der Waals surface area contributed by atoms with E-state index in [4.69, 9.17) is 0 Å². The number of rotatable bonds is 1. The molecule has 1 atom stereocenters. The van der Waals surface area contributed by atoms with Gasteiger partial charge in [0.1, 0.15) is 0 Å². The maximum Gasteiger partial charge on any atom is 0.346 e. The topological polar surface area (TPSA) is 98.7 Å². The number of hydrogen-bond acceptors (Lipinski definition) is 4. The first kappa shape index (κ1) is 11.0. The number of allylic oxidation sites excluding steroid dienone is 5. The maximum atomic E-state index is 11.4. The Morgan fingerprint density at radius 3 is 2.59 bits per heavy atom. The van der Waals surface area contributed by atoms with Crippen molar-refractivity contribution in [3.8, 4) is 0 Å². The van der Waals surface area contributed by atoms with Crippen LogP contribution < -0.4 is 10.4 Å². The molecule has 1 aliphatic heterocycles. The highest BCUT2D eigenvalue weighted by Gasteiger charge is 2.24. The molecular formula is C11H7N2O4-. The lowest BCUT2D eigenvalue weighted by Gasteiger charge is -2.23. The number of amides is 3. The van der Waals surface area contributed by atoms with Gasteiger partial charge in [-0.3, -0.25) is 14.9 Å². The number of ketones is 1. The molecule has 0 aromatic carbocycles. The van der Waals surface area contributed by atoms with E-state index in [0.717, 1.165) is 0 Å². The molecule has 86 valence electrons. The van der Waals surface area contributed by atoms with E-state index in [1.54, 1.807) is 12.2 Å². The minimum atomic E-state index is -1.22. The van der Waals surface area contributed by atoms with Crippen molar-refractivity contribution in [1.82, 2.24) is 5.32 Å². The Hall–Kier alpha value is -2.50. The summed E-state index contributed by atoms with van der Waals surface area (Å²) in [5.41, 5.74) is 0.227. The predicted octanol–water partition coefficient (Wildman–Crippen LogP) is -0.767. The molecule has 1 unspecified atom stereocenters. The van der Waals surface area contributed by atoms with Crippen molar-refractivity contribution in [3.63, 3.8) is 0 Å². The molecule has 0 bridgehead atoms. The van der Waals surface area contributed by atoms with Gasteiger partial charge >= 0.3 is 6.03 Å². The normalized spacial score (nSPS) is 26.1. The summed E-state index contributed by atoms with van der Waals surface area (Å²) in [6.07, 6.45) is 7.17. The van der Waals surface area contributed by atoms with Crippen molar-refractivity contribution in [2.24, 2.45) is 10.9 Å². The first-order valence-electron chi connectivity index (χ1n) is 4.79. The Morgan fingerprint density at radius 1 is 1.24 bits per heavy atom. The largest absolute Gasteiger partial charge is 0.861 e. The summed E-state index contributed by atoms with van der Waals surface area (Å²) in [6, 6.07) is -0.972. The minimum Gasteiger partial charge on any atom is -0.861 e. The van der Waals surface area contributed by atoms with E-state index in [1.165, 1.54) is 18.2 Å². The van der Waals surface area contributed by atoms with Gasteiger partial charge in [0.15, 0.2) is 5.78 Å². The Balaban J connectivity index is 2.32. The molecule has 0 saturated carbocycles. The van der Waals surface area contributed by atoms with Crippen LogP contribution in [0.5, 0.6) is 0 Å².